The molecular formula is C15H21ClO2. The first-order valence-corrected chi connectivity index (χ1v) is 6.88. The molecule has 0 spiro atoms. The zero-order valence-electron chi connectivity index (χ0n) is 11.3. The van der Waals surface area contributed by atoms with Gasteiger partial charge in [-0.15, -0.1) is 0 Å². The SMILES string of the molecule is COc1c(C(C)(C)CO)cc2c(c1Cl)CCCC2. The van der Waals surface area contributed by atoms with Crippen LogP contribution in [0.2, 0.25) is 5.02 Å². The molecule has 0 unspecified atom stereocenters. The van der Waals surface area contributed by atoms with Gasteiger partial charge in [-0.2, -0.15) is 0 Å². The minimum absolute atomic E-state index is 0.0818. The van der Waals surface area contributed by atoms with Crippen molar-refractivity contribution in [2.45, 2.75) is 44.9 Å². The summed E-state index contributed by atoms with van der Waals surface area (Å²) in [6.45, 7) is 4.10. The maximum Gasteiger partial charge on any atom is 0.141 e. The van der Waals surface area contributed by atoms with Crippen LogP contribution in [0.4, 0.5) is 0 Å². The van der Waals surface area contributed by atoms with Gasteiger partial charge in [-0.05, 0) is 36.8 Å². The van der Waals surface area contributed by atoms with Crippen LogP contribution in [-0.2, 0) is 18.3 Å². The molecule has 3 heteroatoms. The number of hydrogen-bond acceptors (Lipinski definition) is 2. The summed E-state index contributed by atoms with van der Waals surface area (Å²) >= 11 is 6.49. The van der Waals surface area contributed by atoms with Crippen LogP contribution >= 0.6 is 11.6 Å². The van der Waals surface area contributed by atoms with Crippen molar-refractivity contribution in [3.8, 4) is 5.75 Å². The van der Waals surface area contributed by atoms with Crippen LogP contribution in [-0.4, -0.2) is 18.8 Å². The number of aryl methyl sites for hydroxylation is 1. The van der Waals surface area contributed by atoms with Crippen molar-refractivity contribution in [2.24, 2.45) is 0 Å². The molecule has 100 valence electrons. The predicted octanol–water partition coefficient (Wildman–Crippen LogP) is 3.50. The number of fused-ring (bicyclic) bond motifs is 1. The second kappa shape index (κ2) is 5.10. The van der Waals surface area contributed by atoms with Gasteiger partial charge in [0, 0.05) is 11.0 Å². The maximum absolute atomic E-state index is 9.56. The molecule has 1 aliphatic carbocycles. The number of benzene rings is 1. The molecule has 0 aromatic heterocycles. The highest BCUT2D eigenvalue weighted by atomic mass is 35.5. The van der Waals surface area contributed by atoms with Gasteiger partial charge in [-0.25, -0.2) is 0 Å². The second-order valence-electron chi connectivity index (χ2n) is 5.66. The van der Waals surface area contributed by atoms with Gasteiger partial charge in [0.15, 0.2) is 0 Å². The molecule has 0 amide bonds. The number of aliphatic hydroxyl groups excluding tert-OH is 1. The van der Waals surface area contributed by atoms with Crippen molar-refractivity contribution < 1.29 is 9.84 Å². The summed E-state index contributed by atoms with van der Waals surface area (Å²) in [5.74, 6) is 0.733. The Labute approximate surface area is 114 Å². The van der Waals surface area contributed by atoms with Gasteiger partial charge in [0.1, 0.15) is 5.75 Å². The number of rotatable bonds is 3. The Morgan fingerprint density at radius 1 is 1.33 bits per heavy atom. The predicted molar refractivity (Wildman–Crippen MR) is 74.8 cm³/mol. The van der Waals surface area contributed by atoms with Gasteiger partial charge in [0.25, 0.3) is 0 Å². The van der Waals surface area contributed by atoms with E-state index in [1.807, 2.05) is 13.8 Å². The molecule has 0 aliphatic heterocycles. The van der Waals surface area contributed by atoms with Crippen LogP contribution in [0.5, 0.6) is 5.75 Å². The summed E-state index contributed by atoms with van der Waals surface area (Å²) < 4.78 is 5.49. The van der Waals surface area contributed by atoms with Crippen molar-refractivity contribution in [3.63, 3.8) is 0 Å². The summed E-state index contributed by atoms with van der Waals surface area (Å²) in [6.07, 6.45) is 4.52. The number of hydrogen-bond donors (Lipinski definition) is 1. The molecule has 1 aliphatic rings. The van der Waals surface area contributed by atoms with E-state index in [0.717, 1.165) is 29.2 Å². The first-order valence-electron chi connectivity index (χ1n) is 6.51. The normalized spacial score (nSPS) is 15.4. The second-order valence-corrected chi connectivity index (χ2v) is 6.04. The summed E-state index contributed by atoms with van der Waals surface area (Å²) in [5.41, 5.74) is 3.24. The molecule has 2 rings (SSSR count). The standard InChI is InChI=1S/C15H21ClO2/c1-15(2,9-17)12-8-10-6-4-5-7-11(10)13(16)14(12)18-3/h8,17H,4-7,9H2,1-3H3. The lowest BCUT2D eigenvalue weighted by Crippen LogP contribution is -2.24. The van der Waals surface area contributed by atoms with E-state index >= 15 is 0 Å². The van der Waals surface area contributed by atoms with Gasteiger partial charge in [-0.1, -0.05) is 31.5 Å². The van der Waals surface area contributed by atoms with Crippen molar-refractivity contribution in [2.75, 3.05) is 13.7 Å². The van der Waals surface area contributed by atoms with E-state index in [-0.39, 0.29) is 12.0 Å². The topological polar surface area (TPSA) is 29.5 Å². The minimum atomic E-state index is -0.332. The zero-order chi connectivity index (χ0) is 13.3. The summed E-state index contributed by atoms with van der Waals surface area (Å²) in [7, 11) is 1.65. The molecule has 2 nitrogen and oxygen atoms in total. The summed E-state index contributed by atoms with van der Waals surface area (Å²) in [4.78, 5) is 0. The minimum Gasteiger partial charge on any atom is -0.495 e. The molecule has 18 heavy (non-hydrogen) atoms. The third-order valence-corrected chi connectivity index (χ3v) is 4.27. The van der Waals surface area contributed by atoms with Crippen molar-refractivity contribution in [1.82, 2.24) is 0 Å². The molecule has 0 saturated carbocycles. The maximum atomic E-state index is 9.56. The molecule has 1 N–H and O–H groups in total. The molecule has 0 fully saturated rings. The number of ether oxygens (including phenoxy) is 1. The van der Waals surface area contributed by atoms with Crippen LogP contribution in [0, 0.1) is 0 Å². The molecule has 0 heterocycles. The smallest absolute Gasteiger partial charge is 0.141 e. The number of halogens is 1. The Bertz CT molecular complexity index is 452. The largest absolute Gasteiger partial charge is 0.495 e. The van der Waals surface area contributed by atoms with Gasteiger partial charge >= 0.3 is 0 Å². The lowest BCUT2D eigenvalue weighted by Gasteiger charge is -2.29. The number of methoxy groups -OCH3 is 1. The summed E-state index contributed by atoms with van der Waals surface area (Å²) in [6, 6.07) is 2.18. The van der Waals surface area contributed by atoms with Crippen molar-refractivity contribution in [1.29, 1.82) is 0 Å². The lowest BCUT2D eigenvalue weighted by atomic mass is 9.80. The Morgan fingerprint density at radius 3 is 2.61 bits per heavy atom. The Kier molecular flexibility index (Phi) is 3.88. The quantitative estimate of drug-likeness (QED) is 0.909. The van der Waals surface area contributed by atoms with E-state index in [9.17, 15) is 5.11 Å². The average Bonchev–Trinajstić information content (AvgIpc) is 2.38. The Morgan fingerprint density at radius 2 is 2.00 bits per heavy atom. The number of aliphatic hydroxyl groups is 1. The van der Waals surface area contributed by atoms with E-state index in [2.05, 4.69) is 6.07 Å². The zero-order valence-corrected chi connectivity index (χ0v) is 12.1. The Balaban J connectivity index is 2.63. The Hall–Kier alpha value is -0.730. The van der Waals surface area contributed by atoms with Gasteiger partial charge in [0.05, 0.1) is 18.7 Å². The van der Waals surface area contributed by atoms with Crippen LogP contribution in [0.3, 0.4) is 0 Å². The first-order chi connectivity index (χ1) is 8.51. The molecule has 0 saturated heterocycles. The molecule has 0 radical (unpaired) electrons. The van der Waals surface area contributed by atoms with E-state index < -0.39 is 0 Å². The van der Waals surface area contributed by atoms with Crippen molar-refractivity contribution >= 4 is 11.6 Å². The van der Waals surface area contributed by atoms with Crippen LogP contribution in [0.15, 0.2) is 6.07 Å². The highest BCUT2D eigenvalue weighted by Crippen LogP contribution is 2.42. The molecule has 0 atom stereocenters. The van der Waals surface area contributed by atoms with E-state index in [0.29, 0.717) is 0 Å². The molecule has 1 aromatic carbocycles. The highest BCUT2D eigenvalue weighted by molar-refractivity contribution is 6.33. The van der Waals surface area contributed by atoms with E-state index in [1.54, 1.807) is 7.11 Å². The van der Waals surface area contributed by atoms with Crippen LogP contribution in [0.25, 0.3) is 0 Å². The van der Waals surface area contributed by atoms with Crippen molar-refractivity contribution in [3.05, 3.63) is 27.8 Å². The third-order valence-electron chi connectivity index (χ3n) is 3.87. The third kappa shape index (κ3) is 2.24. The van der Waals surface area contributed by atoms with E-state index in [4.69, 9.17) is 16.3 Å². The van der Waals surface area contributed by atoms with Gasteiger partial charge < -0.3 is 9.84 Å². The molecule has 0 bridgehead atoms. The first kappa shape index (κ1) is 13.7. The van der Waals surface area contributed by atoms with Crippen LogP contribution in [0.1, 0.15) is 43.4 Å². The van der Waals surface area contributed by atoms with Gasteiger partial charge in [-0.3, -0.25) is 0 Å². The highest BCUT2D eigenvalue weighted by Gasteiger charge is 2.28. The monoisotopic (exact) mass is 268 g/mol. The summed E-state index contributed by atoms with van der Waals surface area (Å²) in [5, 5.41) is 10.3. The lowest BCUT2D eigenvalue weighted by molar-refractivity contribution is 0.214. The molecular weight excluding hydrogens is 248 g/mol. The fraction of sp³-hybridized carbons (Fsp3) is 0.600. The average molecular weight is 269 g/mol. The fourth-order valence-corrected chi connectivity index (χ4v) is 3.02. The molecule has 1 aromatic rings. The van der Waals surface area contributed by atoms with Crippen LogP contribution < -0.4 is 4.74 Å². The fourth-order valence-electron chi connectivity index (χ4n) is 2.62. The van der Waals surface area contributed by atoms with Gasteiger partial charge in [0.2, 0.25) is 0 Å². The van der Waals surface area contributed by atoms with E-state index in [1.165, 1.54) is 24.0 Å².